The summed E-state index contributed by atoms with van der Waals surface area (Å²) < 4.78 is 47.8. The molecule has 70 valence electrons. The molecular weight excluding hydrogens is 181 g/mol. The highest BCUT2D eigenvalue weighted by atomic mass is 32.3. The smallest absolute Gasteiger partial charge is 0.251 e. The monoisotopic (exact) mass is 192 g/mol. The minimum absolute atomic E-state index is 0.145. The molecule has 11 heavy (non-hydrogen) atoms. The Labute approximate surface area is 64.9 Å². The molecule has 2 nitrogen and oxygen atoms in total. The fourth-order valence-electron chi connectivity index (χ4n) is 0.344. The summed E-state index contributed by atoms with van der Waals surface area (Å²) in [7, 11) is -5.67. The van der Waals surface area contributed by atoms with Crippen molar-refractivity contribution >= 4 is 10.6 Å². The van der Waals surface area contributed by atoms with Crippen LogP contribution in [-0.2, 0) is 10.6 Å². The Bertz CT molecular complexity index is 143. The summed E-state index contributed by atoms with van der Waals surface area (Å²) in [5.41, 5.74) is 0. The first-order valence-corrected chi connectivity index (χ1v) is 4.40. The largest absolute Gasteiger partial charge is 0.476 e. The average Bonchev–Trinajstić information content (AvgIpc) is 1.79. The van der Waals surface area contributed by atoms with Crippen LogP contribution in [0.5, 0.6) is 0 Å². The number of hydrogen-bond acceptors (Lipinski definition) is 2. The predicted octanol–water partition coefficient (Wildman–Crippen LogP) is 2.32. The van der Waals surface area contributed by atoms with E-state index in [0.717, 1.165) is 19.3 Å². The van der Waals surface area contributed by atoms with E-state index >= 15 is 0 Å². The summed E-state index contributed by atoms with van der Waals surface area (Å²) in [5.74, 6) is 0. The molecule has 0 aromatic rings. The molecule has 0 unspecified atom stereocenters. The Morgan fingerprint density at radius 3 is 1.64 bits per heavy atom. The van der Waals surface area contributed by atoms with Gasteiger partial charge in [0.25, 0.3) is 0 Å². The highest BCUT2D eigenvalue weighted by molar-refractivity contribution is 7.81. The van der Waals surface area contributed by atoms with Gasteiger partial charge < -0.3 is 0 Å². The lowest BCUT2D eigenvalue weighted by molar-refractivity contribution is 0.460. The van der Waals surface area contributed by atoms with E-state index in [1.54, 1.807) is 0 Å². The summed E-state index contributed by atoms with van der Waals surface area (Å²) in [6.45, 7) is 1.92. The van der Waals surface area contributed by atoms with Crippen molar-refractivity contribution in [3.8, 4) is 0 Å². The van der Waals surface area contributed by atoms with Gasteiger partial charge in [0.15, 0.2) is 0 Å². The van der Waals surface area contributed by atoms with Crippen LogP contribution in [0.15, 0.2) is 0 Å². The molecule has 0 aliphatic carbocycles. The Balaban J connectivity index is 0. The number of alkyl halides is 1. The normalized spacial score (nSPS) is 10.2. The first-order chi connectivity index (χ1) is 4.91. The van der Waals surface area contributed by atoms with Gasteiger partial charge in [0, 0.05) is 0 Å². The number of hydrogen-bond donors (Lipinski definition) is 0. The molecule has 0 fully saturated rings. The molecule has 0 aromatic heterocycles. The van der Waals surface area contributed by atoms with Crippen LogP contribution in [0.1, 0.15) is 26.2 Å². The van der Waals surface area contributed by atoms with Crippen LogP contribution >= 0.6 is 0 Å². The quantitative estimate of drug-likeness (QED) is 0.508. The molecule has 0 N–H and O–H groups in total. The van der Waals surface area contributed by atoms with Crippen molar-refractivity contribution in [1.29, 1.82) is 0 Å². The van der Waals surface area contributed by atoms with Crippen molar-refractivity contribution in [3.63, 3.8) is 0 Å². The minimum Gasteiger partial charge on any atom is -0.251 e. The maximum Gasteiger partial charge on any atom is 0.476 e. The second kappa shape index (κ2) is 7.84. The van der Waals surface area contributed by atoms with Gasteiger partial charge >= 0.3 is 10.6 Å². The number of halogens is 3. The van der Waals surface area contributed by atoms with E-state index in [1.165, 1.54) is 0 Å². The number of unbranched alkanes of at least 4 members (excludes halogenated alkanes) is 2. The molecule has 0 aliphatic rings. The van der Waals surface area contributed by atoms with Crippen LogP contribution < -0.4 is 0 Å². The average molecular weight is 192 g/mol. The maximum absolute atomic E-state index is 11.2. The van der Waals surface area contributed by atoms with Gasteiger partial charge in [-0.1, -0.05) is 27.5 Å². The molecular formula is C5H11F3O2S. The van der Waals surface area contributed by atoms with Crippen LogP contribution in [0, 0.1) is 0 Å². The third-order valence-electron chi connectivity index (χ3n) is 0.737. The van der Waals surface area contributed by atoms with Gasteiger partial charge in [0.2, 0.25) is 0 Å². The second-order valence-electron chi connectivity index (χ2n) is 1.77. The summed E-state index contributed by atoms with van der Waals surface area (Å²) in [6.07, 6.45) is 2.90. The standard InChI is InChI=1S/C5H11F.F2O2S/c1-2-3-4-5-6;1-5(2,3)4/h2-5H2,1H3;. The lowest BCUT2D eigenvalue weighted by Crippen LogP contribution is -1.72. The lowest BCUT2D eigenvalue weighted by atomic mass is 10.3. The third-order valence-corrected chi connectivity index (χ3v) is 0.737. The van der Waals surface area contributed by atoms with E-state index < -0.39 is 10.6 Å². The van der Waals surface area contributed by atoms with Crippen LogP contribution in [0.3, 0.4) is 0 Å². The first kappa shape index (κ1) is 13.3. The van der Waals surface area contributed by atoms with E-state index in [4.69, 9.17) is 8.42 Å². The Hall–Kier alpha value is -0.260. The summed E-state index contributed by atoms with van der Waals surface area (Å²) in [5, 5.41) is 0. The second-order valence-corrected chi connectivity index (χ2v) is 2.53. The molecule has 0 aliphatic heterocycles. The molecule has 0 amide bonds. The molecule has 0 radical (unpaired) electrons. The third kappa shape index (κ3) is 77.7. The van der Waals surface area contributed by atoms with Gasteiger partial charge in [0.05, 0.1) is 6.67 Å². The molecule has 0 atom stereocenters. The van der Waals surface area contributed by atoms with E-state index in [-0.39, 0.29) is 6.67 Å². The summed E-state index contributed by atoms with van der Waals surface area (Å²) >= 11 is 0. The van der Waals surface area contributed by atoms with Crippen LogP contribution in [0.2, 0.25) is 0 Å². The predicted molar refractivity (Wildman–Crippen MR) is 36.6 cm³/mol. The van der Waals surface area contributed by atoms with Crippen LogP contribution in [0.4, 0.5) is 12.2 Å². The van der Waals surface area contributed by atoms with Crippen molar-refractivity contribution in [2.45, 2.75) is 26.2 Å². The van der Waals surface area contributed by atoms with Crippen molar-refractivity contribution in [3.05, 3.63) is 0 Å². The molecule has 0 spiro atoms. The molecule has 0 aromatic carbocycles. The van der Waals surface area contributed by atoms with Crippen LogP contribution in [-0.4, -0.2) is 15.1 Å². The maximum atomic E-state index is 11.2. The van der Waals surface area contributed by atoms with E-state index in [1.807, 2.05) is 0 Å². The molecule has 6 heteroatoms. The van der Waals surface area contributed by atoms with Crippen molar-refractivity contribution in [2.75, 3.05) is 6.67 Å². The SMILES string of the molecule is CCCCCF.O=S(=O)(F)F. The molecule has 0 heterocycles. The van der Waals surface area contributed by atoms with E-state index in [9.17, 15) is 12.2 Å². The van der Waals surface area contributed by atoms with Crippen LogP contribution in [0.25, 0.3) is 0 Å². The molecule has 0 rings (SSSR count). The fourth-order valence-corrected chi connectivity index (χ4v) is 0.344. The van der Waals surface area contributed by atoms with Gasteiger partial charge in [0.1, 0.15) is 0 Å². The first-order valence-electron chi connectivity index (χ1n) is 3.12. The van der Waals surface area contributed by atoms with Gasteiger partial charge in [-0.25, -0.2) is 0 Å². The lowest BCUT2D eigenvalue weighted by Gasteiger charge is -1.84. The Morgan fingerprint density at radius 2 is 1.55 bits per heavy atom. The Morgan fingerprint density at radius 1 is 1.18 bits per heavy atom. The van der Waals surface area contributed by atoms with Crippen molar-refractivity contribution in [2.24, 2.45) is 0 Å². The van der Waals surface area contributed by atoms with Gasteiger partial charge in [-0.05, 0) is 6.42 Å². The van der Waals surface area contributed by atoms with Gasteiger partial charge in [-0.3, -0.25) is 4.39 Å². The summed E-state index contributed by atoms with van der Waals surface area (Å²) in [6, 6.07) is 0. The fraction of sp³-hybridized carbons (Fsp3) is 1.00. The summed E-state index contributed by atoms with van der Waals surface area (Å²) in [4.78, 5) is 0. The number of rotatable bonds is 3. The zero-order valence-corrected chi connectivity index (χ0v) is 7.00. The van der Waals surface area contributed by atoms with E-state index in [0.29, 0.717) is 0 Å². The van der Waals surface area contributed by atoms with Gasteiger partial charge in [-0.15, -0.1) is 0 Å². The highest BCUT2D eigenvalue weighted by Crippen LogP contribution is 1.91. The molecule has 0 saturated heterocycles. The molecule has 0 saturated carbocycles. The topological polar surface area (TPSA) is 34.1 Å². The van der Waals surface area contributed by atoms with Crippen molar-refractivity contribution < 1.29 is 20.6 Å². The minimum atomic E-state index is -5.67. The van der Waals surface area contributed by atoms with Gasteiger partial charge in [-0.2, -0.15) is 8.42 Å². The van der Waals surface area contributed by atoms with Crippen molar-refractivity contribution in [1.82, 2.24) is 0 Å². The zero-order valence-electron chi connectivity index (χ0n) is 6.19. The zero-order chi connectivity index (χ0) is 9.33. The van der Waals surface area contributed by atoms with E-state index in [2.05, 4.69) is 6.92 Å². The highest BCUT2D eigenvalue weighted by Gasteiger charge is 1.94. The Kier molecular flexibility index (Phi) is 9.51. The molecule has 0 bridgehead atoms.